The molecule has 0 nitrogen and oxygen atoms in total. The molecule has 0 aliphatic carbocycles. The standard InChI is InChI=1S/C7H4BrClFI/c8-5-2-7(11)6(10)1-4(5)3-9/h1-2H,3H2. The molecule has 0 amide bonds. The first kappa shape index (κ1) is 9.74. The van der Waals surface area contributed by atoms with E-state index in [4.69, 9.17) is 11.6 Å². The molecule has 0 aliphatic heterocycles. The van der Waals surface area contributed by atoms with Gasteiger partial charge in [0.1, 0.15) is 5.82 Å². The molecule has 4 heteroatoms. The second-order valence-electron chi connectivity index (χ2n) is 1.99. The second kappa shape index (κ2) is 4.05. The van der Waals surface area contributed by atoms with Crippen LogP contribution in [0.2, 0.25) is 0 Å². The molecule has 60 valence electrons. The van der Waals surface area contributed by atoms with Crippen LogP contribution in [0.25, 0.3) is 0 Å². The Bertz CT molecular complexity index is 277. The fourth-order valence-electron chi connectivity index (χ4n) is 0.666. The molecular weight excluding hydrogens is 345 g/mol. The summed E-state index contributed by atoms with van der Waals surface area (Å²) < 4.78 is 14.3. The van der Waals surface area contributed by atoms with Gasteiger partial charge in [0, 0.05) is 13.9 Å². The number of rotatable bonds is 1. The summed E-state index contributed by atoms with van der Waals surface area (Å²) in [6, 6.07) is 3.16. The van der Waals surface area contributed by atoms with Crippen LogP contribution >= 0.6 is 50.1 Å². The highest BCUT2D eigenvalue weighted by atomic mass is 127. The topological polar surface area (TPSA) is 0 Å². The number of benzene rings is 1. The van der Waals surface area contributed by atoms with Crippen molar-refractivity contribution in [1.29, 1.82) is 0 Å². The third-order valence-electron chi connectivity index (χ3n) is 1.23. The molecule has 0 heterocycles. The van der Waals surface area contributed by atoms with E-state index in [0.29, 0.717) is 9.45 Å². The summed E-state index contributed by atoms with van der Waals surface area (Å²) in [5, 5.41) is 0. The minimum Gasteiger partial charge on any atom is -0.206 e. The summed E-state index contributed by atoms with van der Waals surface area (Å²) in [5.41, 5.74) is 0.782. The van der Waals surface area contributed by atoms with Gasteiger partial charge in [0.15, 0.2) is 0 Å². The zero-order chi connectivity index (χ0) is 8.43. The maximum absolute atomic E-state index is 12.9. The van der Waals surface area contributed by atoms with Crippen molar-refractivity contribution in [3.63, 3.8) is 0 Å². The molecule has 0 saturated heterocycles. The molecule has 0 fully saturated rings. The Kier molecular flexibility index (Phi) is 3.58. The minimum atomic E-state index is -0.218. The number of hydrogen-bond acceptors (Lipinski definition) is 0. The lowest BCUT2D eigenvalue weighted by atomic mass is 10.2. The first-order valence-corrected chi connectivity index (χ1v) is 5.25. The van der Waals surface area contributed by atoms with E-state index in [1.807, 2.05) is 22.6 Å². The van der Waals surface area contributed by atoms with Crippen molar-refractivity contribution in [2.24, 2.45) is 0 Å². The van der Waals surface area contributed by atoms with Crippen molar-refractivity contribution < 1.29 is 4.39 Å². The SMILES string of the molecule is Fc1cc(CCl)c(Br)cc1I. The predicted octanol–water partition coefficient (Wildman–Crippen LogP) is 3.93. The monoisotopic (exact) mass is 348 g/mol. The molecule has 11 heavy (non-hydrogen) atoms. The van der Waals surface area contributed by atoms with Crippen LogP contribution in [0.5, 0.6) is 0 Å². The lowest BCUT2D eigenvalue weighted by Crippen LogP contribution is -1.87. The van der Waals surface area contributed by atoms with Gasteiger partial charge in [-0.1, -0.05) is 15.9 Å². The van der Waals surface area contributed by atoms with Gasteiger partial charge in [0.25, 0.3) is 0 Å². The average molecular weight is 349 g/mol. The van der Waals surface area contributed by atoms with Gasteiger partial charge in [-0.15, -0.1) is 11.6 Å². The summed E-state index contributed by atoms with van der Waals surface area (Å²) in [4.78, 5) is 0. The fraction of sp³-hybridized carbons (Fsp3) is 0.143. The Hall–Kier alpha value is 0.650. The molecule has 0 aromatic heterocycles. The first-order valence-electron chi connectivity index (χ1n) is 2.84. The Balaban J connectivity index is 3.21. The van der Waals surface area contributed by atoms with Gasteiger partial charge in [0.2, 0.25) is 0 Å². The second-order valence-corrected chi connectivity index (χ2v) is 4.28. The third kappa shape index (κ3) is 2.29. The normalized spacial score (nSPS) is 10.2. The van der Waals surface area contributed by atoms with Crippen LogP contribution in [0.4, 0.5) is 4.39 Å². The van der Waals surface area contributed by atoms with E-state index < -0.39 is 0 Å². The Morgan fingerprint density at radius 1 is 1.55 bits per heavy atom. The van der Waals surface area contributed by atoms with Crippen molar-refractivity contribution >= 4 is 50.1 Å². The molecule has 1 aromatic carbocycles. The molecule has 1 aromatic rings. The molecular formula is C7H4BrClFI. The van der Waals surface area contributed by atoms with Crippen LogP contribution in [-0.4, -0.2) is 0 Å². The van der Waals surface area contributed by atoms with Gasteiger partial charge in [-0.25, -0.2) is 4.39 Å². The van der Waals surface area contributed by atoms with Crippen LogP contribution in [-0.2, 0) is 5.88 Å². The highest BCUT2D eigenvalue weighted by Crippen LogP contribution is 2.23. The molecule has 0 bridgehead atoms. The van der Waals surface area contributed by atoms with Crippen LogP contribution in [0.1, 0.15) is 5.56 Å². The van der Waals surface area contributed by atoms with Crippen molar-refractivity contribution in [3.8, 4) is 0 Å². The first-order chi connectivity index (χ1) is 5.15. The summed E-state index contributed by atoms with van der Waals surface area (Å²) in [6.07, 6.45) is 0. The lowest BCUT2D eigenvalue weighted by Gasteiger charge is -2.01. The summed E-state index contributed by atoms with van der Waals surface area (Å²) >= 11 is 10.8. The van der Waals surface area contributed by atoms with Crippen LogP contribution in [0, 0.1) is 9.39 Å². The number of halogens is 4. The highest BCUT2D eigenvalue weighted by Gasteiger charge is 2.04. The molecule has 0 atom stereocenters. The largest absolute Gasteiger partial charge is 0.206 e. The maximum Gasteiger partial charge on any atom is 0.136 e. The van der Waals surface area contributed by atoms with E-state index in [9.17, 15) is 4.39 Å². The number of hydrogen-bond donors (Lipinski definition) is 0. The lowest BCUT2D eigenvalue weighted by molar-refractivity contribution is 0.618. The van der Waals surface area contributed by atoms with Crippen LogP contribution < -0.4 is 0 Å². The van der Waals surface area contributed by atoms with Crippen molar-refractivity contribution in [2.75, 3.05) is 0 Å². The quantitative estimate of drug-likeness (QED) is 0.409. The summed E-state index contributed by atoms with van der Waals surface area (Å²) in [5.74, 6) is 0.110. The van der Waals surface area contributed by atoms with E-state index in [0.717, 1.165) is 10.0 Å². The molecule has 0 aliphatic rings. The molecule has 0 radical (unpaired) electrons. The Morgan fingerprint density at radius 2 is 2.18 bits per heavy atom. The van der Waals surface area contributed by atoms with Crippen molar-refractivity contribution in [3.05, 3.63) is 31.6 Å². The zero-order valence-corrected chi connectivity index (χ0v) is 9.87. The average Bonchev–Trinajstić information content (AvgIpc) is 1.97. The smallest absolute Gasteiger partial charge is 0.136 e. The van der Waals surface area contributed by atoms with E-state index in [1.54, 1.807) is 6.07 Å². The summed E-state index contributed by atoms with van der Waals surface area (Å²) in [7, 11) is 0. The predicted molar refractivity (Wildman–Crippen MR) is 56.4 cm³/mol. The Labute approximate surface area is 91.4 Å². The number of alkyl halides is 1. The van der Waals surface area contributed by atoms with Crippen molar-refractivity contribution in [1.82, 2.24) is 0 Å². The Morgan fingerprint density at radius 3 is 2.73 bits per heavy atom. The maximum atomic E-state index is 12.9. The molecule has 1 rings (SSSR count). The van der Waals surface area contributed by atoms with E-state index >= 15 is 0 Å². The van der Waals surface area contributed by atoms with Gasteiger partial charge >= 0.3 is 0 Å². The highest BCUT2D eigenvalue weighted by molar-refractivity contribution is 14.1. The summed E-state index contributed by atoms with van der Waals surface area (Å²) in [6.45, 7) is 0. The third-order valence-corrected chi connectivity index (χ3v) is 3.09. The molecule has 0 spiro atoms. The van der Waals surface area contributed by atoms with Gasteiger partial charge in [0.05, 0.1) is 0 Å². The van der Waals surface area contributed by atoms with Gasteiger partial charge < -0.3 is 0 Å². The van der Waals surface area contributed by atoms with E-state index in [-0.39, 0.29) is 5.82 Å². The van der Waals surface area contributed by atoms with Crippen LogP contribution in [0.15, 0.2) is 16.6 Å². The fourth-order valence-corrected chi connectivity index (χ4v) is 2.43. The minimum absolute atomic E-state index is 0.218. The molecule has 0 N–H and O–H groups in total. The zero-order valence-electron chi connectivity index (χ0n) is 5.37. The van der Waals surface area contributed by atoms with Crippen molar-refractivity contribution in [2.45, 2.75) is 5.88 Å². The van der Waals surface area contributed by atoms with Crippen LogP contribution in [0.3, 0.4) is 0 Å². The molecule has 0 unspecified atom stereocenters. The van der Waals surface area contributed by atoms with E-state index in [2.05, 4.69) is 15.9 Å². The van der Waals surface area contributed by atoms with Gasteiger partial charge in [-0.05, 0) is 40.3 Å². The van der Waals surface area contributed by atoms with Gasteiger partial charge in [-0.2, -0.15) is 0 Å². The molecule has 0 saturated carbocycles. The van der Waals surface area contributed by atoms with E-state index in [1.165, 1.54) is 6.07 Å². The van der Waals surface area contributed by atoms with Gasteiger partial charge in [-0.3, -0.25) is 0 Å².